The second-order valence-electron chi connectivity index (χ2n) is 4.87. The molecule has 0 spiro atoms. The molecule has 1 aromatic heterocycles. The Balaban J connectivity index is 1.97. The number of ether oxygens (including phenoxy) is 2. The zero-order valence-electron chi connectivity index (χ0n) is 12.3. The molecule has 1 saturated heterocycles. The van der Waals surface area contributed by atoms with Crippen LogP contribution in [0.15, 0.2) is 30.9 Å². The van der Waals surface area contributed by atoms with Crippen LogP contribution in [-0.4, -0.2) is 57.1 Å². The summed E-state index contributed by atoms with van der Waals surface area (Å²) in [5, 5.41) is 9.52. The van der Waals surface area contributed by atoms with Crippen LogP contribution in [0.25, 0.3) is 5.03 Å². The van der Waals surface area contributed by atoms with Crippen LogP contribution in [-0.2, 0) is 14.3 Å². The average Bonchev–Trinajstić information content (AvgIpc) is 3.15. The fourth-order valence-electron chi connectivity index (χ4n) is 2.43. The summed E-state index contributed by atoms with van der Waals surface area (Å²) in [6.07, 6.45) is 4.55. The van der Waals surface area contributed by atoms with Gasteiger partial charge in [0.05, 0.1) is 25.8 Å². The number of aliphatic hydroxyl groups is 1. The van der Waals surface area contributed by atoms with E-state index >= 15 is 0 Å². The molecule has 2 atom stereocenters. The number of imidazole rings is 1. The lowest BCUT2D eigenvalue weighted by atomic mass is 9.98. The first-order chi connectivity index (χ1) is 11.1. The summed E-state index contributed by atoms with van der Waals surface area (Å²) in [4.78, 5) is 29.9. The second-order valence-corrected chi connectivity index (χ2v) is 5.98. The van der Waals surface area contributed by atoms with Crippen molar-refractivity contribution >= 4 is 28.7 Å². The first kappa shape index (κ1) is 15.6. The molecule has 23 heavy (non-hydrogen) atoms. The highest BCUT2D eigenvalue weighted by atomic mass is 32.2. The number of esters is 1. The van der Waals surface area contributed by atoms with Gasteiger partial charge in [-0.15, -0.1) is 0 Å². The smallest absolute Gasteiger partial charge is 0.358 e. The molecule has 2 aliphatic heterocycles. The second kappa shape index (κ2) is 6.09. The van der Waals surface area contributed by atoms with Gasteiger partial charge in [-0.2, -0.15) is 0 Å². The lowest BCUT2D eigenvalue weighted by Crippen LogP contribution is -2.58. The van der Waals surface area contributed by atoms with E-state index in [2.05, 4.69) is 11.6 Å². The van der Waals surface area contributed by atoms with Crippen LogP contribution in [0, 0.1) is 5.92 Å². The van der Waals surface area contributed by atoms with Crippen molar-refractivity contribution in [2.75, 3.05) is 20.3 Å². The molecule has 3 heterocycles. The third-order valence-corrected chi connectivity index (χ3v) is 4.96. The quantitative estimate of drug-likeness (QED) is 0.452. The van der Waals surface area contributed by atoms with Crippen LogP contribution >= 0.6 is 11.8 Å². The van der Waals surface area contributed by atoms with E-state index in [1.807, 2.05) is 0 Å². The zero-order valence-corrected chi connectivity index (χ0v) is 13.2. The van der Waals surface area contributed by atoms with Crippen LogP contribution in [0.3, 0.4) is 0 Å². The number of rotatable bonds is 6. The Morgan fingerprint density at radius 3 is 3.00 bits per heavy atom. The van der Waals surface area contributed by atoms with Gasteiger partial charge in [-0.25, -0.2) is 9.78 Å². The van der Waals surface area contributed by atoms with Gasteiger partial charge in [-0.3, -0.25) is 14.3 Å². The van der Waals surface area contributed by atoms with Gasteiger partial charge in [0, 0.05) is 0 Å². The Kier molecular flexibility index (Phi) is 4.14. The number of carbonyl (C=O) groups is 2. The minimum atomic E-state index is -0.618. The predicted octanol–water partition coefficient (Wildman–Crippen LogP) is 0.271. The van der Waals surface area contributed by atoms with E-state index in [1.165, 1.54) is 36.2 Å². The number of carbonyl (C=O) groups excluding carboxylic acids is 2. The number of hydrogen-bond acceptors (Lipinski definition) is 7. The van der Waals surface area contributed by atoms with Crippen LogP contribution in [0.2, 0.25) is 0 Å². The van der Waals surface area contributed by atoms with Crippen molar-refractivity contribution in [3.8, 4) is 5.88 Å². The highest BCUT2D eigenvalue weighted by Crippen LogP contribution is 2.51. The molecule has 2 aliphatic rings. The molecule has 0 aromatic carbocycles. The zero-order chi connectivity index (χ0) is 16.6. The summed E-state index contributed by atoms with van der Waals surface area (Å²) in [5.41, 5.74) is 0.150. The van der Waals surface area contributed by atoms with Crippen molar-refractivity contribution in [1.29, 1.82) is 0 Å². The van der Waals surface area contributed by atoms with Gasteiger partial charge in [0.25, 0.3) is 0 Å². The first-order valence-corrected chi connectivity index (χ1v) is 7.71. The Morgan fingerprint density at radius 2 is 2.39 bits per heavy atom. The molecule has 8 nitrogen and oxygen atoms in total. The van der Waals surface area contributed by atoms with E-state index in [9.17, 15) is 14.7 Å². The molecule has 1 N–H and O–H groups in total. The average molecular weight is 337 g/mol. The SMILES string of the molecule is C=CCOC(=O)C1=C(n2cnc(OC)c2)S[C@@H]2[C@@H](CO)C(=O)N12. The van der Waals surface area contributed by atoms with E-state index < -0.39 is 11.9 Å². The molecule has 1 aromatic rings. The van der Waals surface area contributed by atoms with Gasteiger partial charge >= 0.3 is 5.97 Å². The summed E-state index contributed by atoms with van der Waals surface area (Å²) in [7, 11) is 1.49. The third kappa shape index (κ3) is 2.41. The monoisotopic (exact) mass is 337 g/mol. The molecule has 0 radical (unpaired) electrons. The van der Waals surface area contributed by atoms with Gasteiger partial charge < -0.3 is 14.6 Å². The van der Waals surface area contributed by atoms with Crippen LogP contribution in [0.4, 0.5) is 0 Å². The molecule has 3 rings (SSSR count). The molecular weight excluding hydrogens is 322 g/mol. The lowest BCUT2D eigenvalue weighted by Gasteiger charge is -2.41. The summed E-state index contributed by atoms with van der Waals surface area (Å²) >= 11 is 1.31. The molecule has 0 unspecified atom stereocenters. The number of methoxy groups -OCH3 is 1. The van der Waals surface area contributed by atoms with Crippen molar-refractivity contribution in [3.63, 3.8) is 0 Å². The van der Waals surface area contributed by atoms with Gasteiger partial charge in [0.1, 0.15) is 23.3 Å². The predicted molar refractivity (Wildman–Crippen MR) is 82.0 cm³/mol. The molecule has 1 amide bonds. The highest BCUT2D eigenvalue weighted by molar-refractivity contribution is 8.08. The minimum absolute atomic E-state index is 0.0453. The summed E-state index contributed by atoms with van der Waals surface area (Å²) in [6.45, 7) is 3.28. The molecule has 0 saturated carbocycles. The topological polar surface area (TPSA) is 93.9 Å². The van der Waals surface area contributed by atoms with Gasteiger partial charge in [-0.05, 0) is 0 Å². The number of hydrogen-bond donors (Lipinski definition) is 1. The van der Waals surface area contributed by atoms with Gasteiger partial charge in [0.2, 0.25) is 11.8 Å². The van der Waals surface area contributed by atoms with E-state index in [4.69, 9.17) is 9.47 Å². The number of amides is 1. The summed E-state index contributed by atoms with van der Waals surface area (Å²) < 4.78 is 11.7. The van der Waals surface area contributed by atoms with Crippen LogP contribution in [0.1, 0.15) is 0 Å². The minimum Gasteiger partial charge on any atom is -0.480 e. The molecule has 122 valence electrons. The van der Waals surface area contributed by atoms with Gasteiger partial charge in [0.15, 0.2) is 5.70 Å². The number of β-lactam (4-membered cyclic amide) rings is 1. The molecule has 0 aliphatic carbocycles. The number of nitrogens with zero attached hydrogens (tertiary/aromatic N) is 3. The van der Waals surface area contributed by atoms with Crippen molar-refractivity contribution in [2.45, 2.75) is 5.37 Å². The van der Waals surface area contributed by atoms with Crippen molar-refractivity contribution in [2.24, 2.45) is 5.92 Å². The van der Waals surface area contributed by atoms with Crippen molar-refractivity contribution in [1.82, 2.24) is 14.5 Å². The van der Waals surface area contributed by atoms with Gasteiger partial charge in [-0.1, -0.05) is 24.4 Å². The Bertz CT molecular complexity index is 698. The maximum atomic E-state index is 12.3. The maximum absolute atomic E-state index is 12.3. The number of aliphatic hydroxyl groups excluding tert-OH is 1. The number of fused-ring (bicyclic) bond motifs is 1. The van der Waals surface area contributed by atoms with Crippen molar-refractivity contribution in [3.05, 3.63) is 30.9 Å². The standard InChI is InChI=1S/C14H15N3O5S/c1-3-4-22-14(20)10-13(16-5-9(21-2)15-7-16)23-12-8(6-18)11(19)17(10)12/h3,5,7-8,12,18H,1,4,6H2,2H3/t8-,12+/m0/s1. The number of aromatic nitrogens is 2. The highest BCUT2D eigenvalue weighted by Gasteiger charge is 2.56. The van der Waals surface area contributed by atoms with Crippen molar-refractivity contribution < 1.29 is 24.2 Å². The number of thioether (sulfide) groups is 1. The van der Waals surface area contributed by atoms with E-state index in [0.717, 1.165) is 0 Å². The summed E-state index contributed by atoms with van der Waals surface area (Å²) in [6, 6.07) is 0. The molecule has 9 heteroatoms. The Hall–Kier alpha value is -2.26. The van der Waals surface area contributed by atoms with Crippen LogP contribution < -0.4 is 4.74 Å². The first-order valence-electron chi connectivity index (χ1n) is 6.83. The molecule has 1 fully saturated rings. The fraction of sp³-hybridized carbons (Fsp3) is 0.357. The maximum Gasteiger partial charge on any atom is 0.358 e. The Labute approximate surface area is 136 Å². The normalized spacial score (nSPS) is 22.7. The largest absolute Gasteiger partial charge is 0.480 e. The van der Waals surface area contributed by atoms with E-state index in [0.29, 0.717) is 10.9 Å². The molecular formula is C14H15N3O5S. The summed E-state index contributed by atoms with van der Waals surface area (Å²) in [5.74, 6) is -1.05. The molecule has 0 bridgehead atoms. The Morgan fingerprint density at radius 1 is 1.61 bits per heavy atom. The van der Waals surface area contributed by atoms with E-state index in [-0.39, 0.29) is 30.2 Å². The third-order valence-electron chi connectivity index (χ3n) is 3.55. The lowest BCUT2D eigenvalue weighted by molar-refractivity contribution is -0.154. The fourth-order valence-corrected chi connectivity index (χ4v) is 3.86. The van der Waals surface area contributed by atoms with Crippen LogP contribution in [0.5, 0.6) is 5.88 Å². The van der Waals surface area contributed by atoms with E-state index in [1.54, 1.807) is 10.8 Å².